The highest BCUT2D eigenvalue weighted by Crippen LogP contribution is 2.09. The lowest BCUT2D eigenvalue weighted by molar-refractivity contribution is -0.137. The summed E-state index contributed by atoms with van der Waals surface area (Å²) in [6.07, 6.45) is 20.0. The van der Waals surface area contributed by atoms with Gasteiger partial charge >= 0.3 is 5.97 Å². The molecule has 0 amide bonds. The predicted molar refractivity (Wildman–Crippen MR) is 93.0 cm³/mol. The maximum absolute atomic E-state index is 10.3. The summed E-state index contributed by atoms with van der Waals surface area (Å²) >= 11 is 0. The van der Waals surface area contributed by atoms with Crippen molar-refractivity contribution in [1.29, 1.82) is 0 Å². The van der Waals surface area contributed by atoms with Crippen LogP contribution in [0.25, 0.3) is 0 Å². The molecule has 0 aliphatic rings. The molecule has 1 atom stereocenters. The van der Waals surface area contributed by atoms with Crippen molar-refractivity contribution in [2.75, 3.05) is 0 Å². The summed E-state index contributed by atoms with van der Waals surface area (Å²) in [6.45, 7) is 2.17. The van der Waals surface area contributed by atoms with E-state index in [0.717, 1.165) is 38.5 Å². The molecule has 1 unspecified atom stereocenters. The van der Waals surface area contributed by atoms with E-state index in [-0.39, 0.29) is 6.10 Å². The van der Waals surface area contributed by atoms with Crippen LogP contribution in [0.2, 0.25) is 0 Å². The Bertz CT molecular complexity index is 308. The summed E-state index contributed by atoms with van der Waals surface area (Å²) in [5.41, 5.74) is 0. The maximum Gasteiger partial charge on any atom is 0.303 e. The molecule has 0 aromatic rings. The first-order chi connectivity index (χ1) is 10.7. The lowest BCUT2D eigenvalue weighted by atomic mass is 10.1. The third kappa shape index (κ3) is 17.0. The topological polar surface area (TPSA) is 57.5 Å². The molecule has 2 N–H and O–H groups in total. The monoisotopic (exact) mass is 310 g/mol. The Hall–Kier alpha value is -1.09. The summed E-state index contributed by atoms with van der Waals surface area (Å²) < 4.78 is 0. The van der Waals surface area contributed by atoms with Gasteiger partial charge < -0.3 is 10.2 Å². The number of allylic oxidation sites excluding steroid dienone is 3. The number of rotatable bonds is 15. The fourth-order valence-electron chi connectivity index (χ4n) is 2.31. The Balaban J connectivity index is 3.34. The minimum Gasteiger partial charge on any atom is -0.481 e. The smallest absolute Gasteiger partial charge is 0.303 e. The van der Waals surface area contributed by atoms with Gasteiger partial charge in [0.25, 0.3) is 0 Å². The van der Waals surface area contributed by atoms with Crippen molar-refractivity contribution in [2.45, 2.75) is 90.1 Å². The molecule has 0 bridgehead atoms. The first-order valence-electron chi connectivity index (χ1n) is 8.90. The van der Waals surface area contributed by atoms with Gasteiger partial charge in [0, 0.05) is 6.42 Å². The number of hydrogen-bond acceptors (Lipinski definition) is 2. The molecule has 0 heterocycles. The predicted octanol–water partition coefficient (Wildman–Crippen LogP) is 5.25. The van der Waals surface area contributed by atoms with E-state index in [2.05, 4.69) is 13.0 Å². The molecule has 0 fully saturated rings. The summed E-state index contributed by atoms with van der Waals surface area (Å²) in [5, 5.41) is 18.2. The molecular weight excluding hydrogens is 276 g/mol. The maximum atomic E-state index is 10.3. The van der Waals surface area contributed by atoms with E-state index in [9.17, 15) is 9.90 Å². The number of aliphatic hydroxyl groups excluding tert-OH is 1. The molecule has 0 rings (SSSR count). The van der Waals surface area contributed by atoms with Crippen LogP contribution in [0, 0.1) is 0 Å². The molecule has 0 saturated carbocycles. The zero-order valence-corrected chi connectivity index (χ0v) is 14.2. The minimum absolute atomic E-state index is 0.304. The van der Waals surface area contributed by atoms with Gasteiger partial charge in [-0.3, -0.25) is 4.79 Å². The van der Waals surface area contributed by atoms with Crippen molar-refractivity contribution in [2.24, 2.45) is 0 Å². The second-order valence-electron chi connectivity index (χ2n) is 5.93. The Morgan fingerprint density at radius 3 is 2.32 bits per heavy atom. The fraction of sp³-hybridized carbons (Fsp3) is 0.737. The number of carbonyl (C=O) groups is 1. The molecule has 22 heavy (non-hydrogen) atoms. The van der Waals surface area contributed by atoms with Crippen molar-refractivity contribution < 1.29 is 15.0 Å². The lowest BCUT2D eigenvalue weighted by Gasteiger charge is -2.03. The van der Waals surface area contributed by atoms with Crippen LogP contribution in [0.15, 0.2) is 24.3 Å². The second kappa shape index (κ2) is 16.3. The van der Waals surface area contributed by atoms with Crippen LogP contribution in [-0.4, -0.2) is 22.3 Å². The summed E-state index contributed by atoms with van der Waals surface area (Å²) in [5.74, 6) is -0.686. The Morgan fingerprint density at radius 1 is 0.955 bits per heavy atom. The Morgan fingerprint density at radius 2 is 1.64 bits per heavy atom. The molecule has 0 aromatic carbocycles. The Kier molecular flexibility index (Phi) is 15.5. The van der Waals surface area contributed by atoms with Gasteiger partial charge in [-0.15, -0.1) is 0 Å². The average molecular weight is 310 g/mol. The number of aliphatic hydroxyl groups is 1. The van der Waals surface area contributed by atoms with Crippen LogP contribution in [0.5, 0.6) is 0 Å². The number of carboxylic acid groups (broad SMARTS) is 1. The van der Waals surface area contributed by atoms with Crippen molar-refractivity contribution in [3.05, 3.63) is 24.3 Å². The minimum atomic E-state index is -0.686. The van der Waals surface area contributed by atoms with Crippen molar-refractivity contribution >= 4 is 5.97 Å². The molecular formula is C19H34O3. The summed E-state index contributed by atoms with van der Waals surface area (Å²) in [4.78, 5) is 10.3. The molecule has 0 aliphatic carbocycles. The van der Waals surface area contributed by atoms with Gasteiger partial charge in [-0.25, -0.2) is 0 Å². The molecule has 0 aromatic heterocycles. The molecule has 0 saturated heterocycles. The van der Waals surface area contributed by atoms with Gasteiger partial charge in [0.05, 0.1) is 6.10 Å². The van der Waals surface area contributed by atoms with Gasteiger partial charge in [-0.05, 0) is 25.7 Å². The van der Waals surface area contributed by atoms with Crippen LogP contribution in [0.4, 0.5) is 0 Å². The van der Waals surface area contributed by atoms with Crippen molar-refractivity contribution in [3.8, 4) is 0 Å². The number of carboxylic acids is 1. The molecule has 3 nitrogen and oxygen atoms in total. The van der Waals surface area contributed by atoms with Gasteiger partial charge in [-0.1, -0.05) is 76.2 Å². The standard InChI is InChI=1S/C19H34O3/c1-2-3-12-15-18(20)16-13-10-8-6-4-5-7-9-11-14-17-19(21)22/h8,10,13,16,18,20H,2-7,9,11-12,14-15,17H2,1H3,(H,21,22)/b10-8-,16-13+. The second-order valence-corrected chi connectivity index (χ2v) is 5.93. The number of aliphatic carboxylic acids is 1. The first kappa shape index (κ1) is 20.9. The largest absolute Gasteiger partial charge is 0.481 e. The van der Waals surface area contributed by atoms with E-state index >= 15 is 0 Å². The Labute approximate surface area is 136 Å². The average Bonchev–Trinajstić information content (AvgIpc) is 2.48. The van der Waals surface area contributed by atoms with Crippen molar-refractivity contribution in [1.82, 2.24) is 0 Å². The van der Waals surface area contributed by atoms with E-state index < -0.39 is 5.97 Å². The molecule has 0 radical (unpaired) electrons. The molecule has 0 aliphatic heterocycles. The van der Waals surface area contributed by atoms with Gasteiger partial charge in [-0.2, -0.15) is 0 Å². The normalized spacial score (nSPS) is 13.2. The third-order valence-electron chi connectivity index (χ3n) is 3.70. The van der Waals surface area contributed by atoms with E-state index in [1.807, 2.05) is 18.2 Å². The van der Waals surface area contributed by atoms with Gasteiger partial charge in [0.1, 0.15) is 0 Å². The highest BCUT2D eigenvalue weighted by Gasteiger charge is 1.97. The van der Waals surface area contributed by atoms with Crippen molar-refractivity contribution in [3.63, 3.8) is 0 Å². The van der Waals surface area contributed by atoms with Gasteiger partial charge in [0.15, 0.2) is 0 Å². The first-order valence-corrected chi connectivity index (χ1v) is 8.90. The number of hydrogen-bond donors (Lipinski definition) is 2. The van der Waals surface area contributed by atoms with E-state index in [1.165, 1.54) is 32.1 Å². The molecule has 128 valence electrons. The zero-order chi connectivity index (χ0) is 16.5. The quantitative estimate of drug-likeness (QED) is 0.321. The molecule has 0 spiro atoms. The van der Waals surface area contributed by atoms with Crippen LogP contribution >= 0.6 is 0 Å². The highest BCUT2D eigenvalue weighted by atomic mass is 16.4. The highest BCUT2D eigenvalue weighted by molar-refractivity contribution is 5.66. The lowest BCUT2D eigenvalue weighted by Crippen LogP contribution is -2.00. The fourth-order valence-corrected chi connectivity index (χ4v) is 2.31. The number of unbranched alkanes of at least 4 members (excludes halogenated alkanes) is 8. The zero-order valence-electron chi connectivity index (χ0n) is 14.2. The van der Waals surface area contributed by atoms with Crippen LogP contribution in [0.1, 0.15) is 84.0 Å². The van der Waals surface area contributed by atoms with Crippen LogP contribution < -0.4 is 0 Å². The van der Waals surface area contributed by atoms with Crippen LogP contribution in [-0.2, 0) is 4.79 Å². The van der Waals surface area contributed by atoms with E-state index in [0.29, 0.717) is 6.42 Å². The van der Waals surface area contributed by atoms with E-state index in [4.69, 9.17) is 5.11 Å². The third-order valence-corrected chi connectivity index (χ3v) is 3.70. The summed E-state index contributed by atoms with van der Waals surface area (Å²) in [6, 6.07) is 0. The summed E-state index contributed by atoms with van der Waals surface area (Å²) in [7, 11) is 0. The van der Waals surface area contributed by atoms with E-state index in [1.54, 1.807) is 0 Å². The van der Waals surface area contributed by atoms with Gasteiger partial charge in [0.2, 0.25) is 0 Å². The SMILES string of the molecule is CCCCCC(O)/C=C/C=C\CCCCCCCCC(=O)O. The van der Waals surface area contributed by atoms with Crippen LogP contribution in [0.3, 0.4) is 0 Å². The molecule has 3 heteroatoms.